The summed E-state index contributed by atoms with van der Waals surface area (Å²) in [5.41, 5.74) is 4.01. The normalized spacial score (nSPS) is 21.8. The minimum absolute atomic E-state index is 0.0565. The molecule has 0 saturated heterocycles. The van der Waals surface area contributed by atoms with Crippen LogP contribution in [0.15, 0.2) is 66.3 Å². The molecule has 154 valence electrons. The summed E-state index contributed by atoms with van der Waals surface area (Å²) in [6, 6.07) is 11.0. The molecule has 5 nitrogen and oxygen atoms in total. The lowest BCUT2D eigenvalue weighted by molar-refractivity contribution is -0.384. The van der Waals surface area contributed by atoms with Gasteiger partial charge in [0.15, 0.2) is 0 Å². The van der Waals surface area contributed by atoms with E-state index >= 15 is 0 Å². The van der Waals surface area contributed by atoms with Gasteiger partial charge in [-0.15, -0.1) is 0 Å². The summed E-state index contributed by atoms with van der Waals surface area (Å²) in [5, 5.41) is 11.1. The summed E-state index contributed by atoms with van der Waals surface area (Å²) < 4.78 is 6.57. The Kier molecular flexibility index (Phi) is 4.10. The van der Waals surface area contributed by atoms with E-state index in [1.807, 2.05) is 31.3 Å². The van der Waals surface area contributed by atoms with E-state index in [4.69, 9.17) is 4.74 Å². The number of fused-ring (bicyclic) bond motifs is 2. The van der Waals surface area contributed by atoms with Crippen molar-refractivity contribution in [3.8, 4) is 17.6 Å². The van der Waals surface area contributed by atoms with E-state index in [0.717, 1.165) is 28.8 Å². The Morgan fingerprint density at radius 3 is 2.74 bits per heavy atom. The molecule has 0 N–H and O–H groups in total. The second-order valence-electron chi connectivity index (χ2n) is 8.60. The first-order valence-corrected chi connectivity index (χ1v) is 10.2. The molecule has 0 bridgehead atoms. The Morgan fingerprint density at radius 2 is 2.00 bits per heavy atom. The highest BCUT2D eigenvalue weighted by Gasteiger charge is 2.57. The van der Waals surface area contributed by atoms with Crippen LogP contribution in [0.2, 0.25) is 0 Å². The first kappa shape index (κ1) is 19.2. The molecule has 2 aromatic rings. The van der Waals surface area contributed by atoms with Crippen LogP contribution in [0.1, 0.15) is 37.0 Å². The van der Waals surface area contributed by atoms with Crippen LogP contribution in [0.3, 0.4) is 0 Å². The maximum atomic E-state index is 11.1. The minimum Gasteiger partial charge on any atom is -0.463 e. The van der Waals surface area contributed by atoms with Crippen LogP contribution in [-0.4, -0.2) is 17.7 Å². The molecular formula is C26H22N2O3. The number of nitro groups is 1. The third-order valence-corrected chi connectivity index (χ3v) is 6.52. The standard InChI is InChI=1S/C26H22N2O3/c1-25(2)22-16-19(9-8-18-6-4-5-7-18)10-12-23(22)27(3)26(25)15-14-20-17-21(28(29)30)11-13-24(20)31-26/h4-6,10-17H,7H2,1-3H3. The highest BCUT2D eigenvalue weighted by atomic mass is 16.6. The molecule has 5 rings (SSSR count). The van der Waals surface area contributed by atoms with E-state index in [0.29, 0.717) is 11.3 Å². The largest absolute Gasteiger partial charge is 0.463 e. The molecule has 2 heterocycles. The monoisotopic (exact) mass is 410 g/mol. The average molecular weight is 410 g/mol. The van der Waals surface area contributed by atoms with E-state index in [1.54, 1.807) is 12.1 Å². The first-order chi connectivity index (χ1) is 14.8. The van der Waals surface area contributed by atoms with Crippen molar-refractivity contribution in [2.75, 3.05) is 11.9 Å². The number of nitrogens with zero attached hydrogens (tertiary/aromatic N) is 2. The number of benzene rings is 2. The number of hydrogen-bond donors (Lipinski definition) is 0. The number of non-ortho nitro benzene ring substituents is 1. The number of ether oxygens (including phenoxy) is 1. The topological polar surface area (TPSA) is 55.6 Å². The number of hydrogen-bond acceptors (Lipinski definition) is 4. The molecule has 2 aromatic carbocycles. The Labute approximate surface area is 181 Å². The van der Waals surface area contributed by atoms with Crippen molar-refractivity contribution in [2.24, 2.45) is 0 Å². The lowest BCUT2D eigenvalue weighted by atomic mass is 9.76. The van der Waals surface area contributed by atoms with Crippen molar-refractivity contribution in [1.82, 2.24) is 0 Å². The van der Waals surface area contributed by atoms with Gasteiger partial charge in [-0.25, -0.2) is 0 Å². The lowest BCUT2D eigenvalue weighted by Crippen LogP contribution is -2.58. The van der Waals surface area contributed by atoms with Crippen molar-refractivity contribution in [3.63, 3.8) is 0 Å². The molecule has 0 saturated carbocycles. The third kappa shape index (κ3) is 2.79. The zero-order valence-corrected chi connectivity index (χ0v) is 17.7. The third-order valence-electron chi connectivity index (χ3n) is 6.52. The van der Waals surface area contributed by atoms with E-state index in [9.17, 15) is 10.1 Å². The molecule has 31 heavy (non-hydrogen) atoms. The summed E-state index contributed by atoms with van der Waals surface area (Å²) >= 11 is 0. The number of likely N-dealkylation sites (N-methyl/N-ethyl adjacent to an activating group) is 1. The summed E-state index contributed by atoms with van der Waals surface area (Å²) in [4.78, 5) is 12.9. The summed E-state index contributed by atoms with van der Waals surface area (Å²) in [6.07, 6.45) is 11.0. The molecular weight excluding hydrogens is 388 g/mol. The quantitative estimate of drug-likeness (QED) is 0.361. The second-order valence-corrected chi connectivity index (χ2v) is 8.60. The van der Waals surface area contributed by atoms with Gasteiger partial charge in [-0.1, -0.05) is 30.1 Å². The fraction of sp³-hybridized carbons (Fsp3) is 0.231. The van der Waals surface area contributed by atoms with E-state index in [2.05, 4.69) is 54.9 Å². The predicted molar refractivity (Wildman–Crippen MR) is 122 cm³/mol. The van der Waals surface area contributed by atoms with Crippen molar-refractivity contribution < 1.29 is 9.66 Å². The summed E-state index contributed by atoms with van der Waals surface area (Å²) in [6.45, 7) is 4.33. The van der Waals surface area contributed by atoms with Gasteiger partial charge in [0, 0.05) is 41.6 Å². The fourth-order valence-corrected chi connectivity index (χ4v) is 4.68. The molecule has 0 aromatic heterocycles. The van der Waals surface area contributed by atoms with E-state index < -0.39 is 5.72 Å². The molecule has 0 amide bonds. The van der Waals surface area contributed by atoms with Crippen molar-refractivity contribution >= 4 is 17.5 Å². The van der Waals surface area contributed by atoms with E-state index in [-0.39, 0.29) is 16.0 Å². The Morgan fingerprint density at radius 1 is 1.16 bits per heavy atom. The van der Waals surface area contributed by atoms with Gasteiger partial charge in [0.2, 0.25) is 5.72 Å². The van der Waals surface area contributed by atoms with Gasteiger partial charge in [0.1, 0.15) is 5.75 Å². The first-order valence-electron chi connectivity index (χ1n) is 10.2. The number of allylic oxidation sites excluding steroid dienone is 4. The molecule has 0 radical (unpaired) electrons. The van der Waals surface area contributed by atoms with Crippen molar-refractivity contribution in [2.45, 2.75) is 31.4 Å². The van der Waals surface area contributed by atoms with Crippen molar-refractivity contribution in [3.05, 3.63) is 93.1 Å². The minimum atomic E-state index is -0.734. The molecule has 1 atom stereocenters. The zero-order chi connectivity index (χ0) is 21.8. The molecule has 1 spiro atoms. The maximum Gasteiger partial charge on any atom is 0.270 e. The van der Waals surface area contributed by atoms with Gasteiger partial charge in [0.05, 0.1) is 10.3 Å². The average Bonchev–Trinajstić information content (AvgIpc) is 3.34. The lowest BCUT2D eigenvalue weighted by Gasteiger charge is -2.45. The van der Waals surface area contributed by atoms with Crippen LogP contribution in [0, 0.1) is 22.0 Å². The zero-order valence-electron chi connectivity index (χ0n) is 17.7. The number of rotatable bonds is 1. The molecule has 1 unspecified atom stereocenters. The molecule has 2 aliphatic heterocycles. The van der Waals surface area contributed by atoms with Crippen LogP contribution in [0.25, 0.3) is 6.08 Å². The van der Waals surface area contributed by atoms with Crippen LogP contribution in [-0.2, 0) is 5.41 Å². The molecule has 3 aliphatic rings. The highest BCUT2D eigenvalue weighted by molar-refractivity contribution is 5.73. The van der Waals surface area contributed by atoms with Gasteiger partial charge in [-0.05, 0) is 62.2 Å². The Bertz CT molecular complexity index is 1270. The van der Waals surface area contributed by atoms with Crippen LogP contribution >= 0.6 is 0 Å². The molecule has 0 fully saturated rings. The smallest absolute Gasteiger partial charge is 0.270 e. The van der Waals surface area contributed by atoms with Crippen LogP contribution in [0.5, 0.6) is 5.75 Å². The fourth-order valence-electron chi connectivity index (χ4n) is 4.68. The number of anilines is 1. The molecule has 5 heteroatoms. The Hall–Kier alpha value is -3.78. The van der Waals surface area contributed by atoms with Gasteiger partial charge in [-0.3, -0.25) is 10.1 Å². The molecule has 1 aliphatic carbocycles. The van der Waals surface area contributed by atoms with Gasteiger partial charge < -0.3 is 9.64 Å². The SMILES string of the molecule is CN1c2ccc(C#CC3=CC=CC3)cc2C(C)(C)C12C=Cc1cc([N+](=O)[O-])ccc1O2. The predicted octanol–water partition coefficient (Wildman–Crippen LogP) is 5.36. The summed E-state index contributed by atoms with van der Waals surface area (Å²) in [7, 11) is 2.02. The second kappa shape index (κ2) is 6.61. The summed E-state index contributed by atoms with van der Waals surface area (Å²) in [5.74, 6) is 7.19. The van der Waals surface area contributed by atoms with Gasteiger partial charge in [-0.2, -0.15) is 0 Å². The number of nitro benzene ring substituents is 1. The Balaban J connectivity index is 1.54. The van der Waals surface area contributed by atoms with Crippen molar-refractivity contribution in [1.29, 1.82) is 0 Å². The van der Waals surface area contributed by atoms with Gasteiger partial charge in [0.25, 0.3) is 5.69 Å². The van der Waals surface area contributed by atoms with E-state index in [1.165, 1.54) is 6.07 Å². The maximum absolute atomic E-state index is 11.1. The van der Waals surface area contributed by atoms with Crippen LogP contribution < -0.4 is 9.64 Å². The van der Waals surface area contributed by atoms with Crippen LogP contribution in [0.4, 0.5) is 11.4 Å². The highest BCUT2D eigenvalue weighted by Crippen LogP contribution is 2.54. The van der Waals surface area contributed by atoms with Gasteiger partial charge >= 0.3 is 0 Å².